The molecule has 2 heterocycles. The zero-order chi connectivity index (χ0) is 19.9. The van der Waals surface area contributed by atoms with E-state index in [-0.39, 0.29) is 18.2 Å². The normalized spacial score (nSPS) is 21.5. The fourth-order valence-electron chi connectivity index (χ4n) is 4.85. The maximum atomic E-state index is 12.9. The molecule has 146 valence electrons. The van der Waals surface area contributed by atoms with Crippen molar-refractivity contribution in [1.29, 1.82) is 0 Å². The van der Waals surface area contributed by atoms with Crippen LogP contribution in [0.2, 0.25) is 0 Å². The van der Waals surface area contributed by atoms with Gasteiger partial charge in [-0.15, -0.1) is 0 Å². The molecule has 2 aliphatic rings. The van der Waals surface area contributed by atoms with E-state index in [0.29, 0.717) is 32.4 Å². The number of likely N-dealkylation sites (tertiary alicyclic amines) is 2. The lowest BCUT2D eigenvalue weighted by atomic mass is 9.77. The molecule has 1 N–H and O–H groups in total. The average Bonchev–Trinajstić information content (AvgIpc) is 2.94. The standard InChI is InChI=1S/C22H24N2O4/c1-23-19(25)14-18(21(27)28)22(23)9-11-24(12-10-22)20(26)13-16-7-4-6-15-5-2-3-8-17(15)16/h2-8,18H,9-14H2,1H3,(H,27,28)/t18-/m0/s1. The summed E-state index contributed by atoms with van der Waals surface area (Å²) in [5.74, 6) is -1.69. The number of piperidine rings is 1. The van der Waals surface area contributed by atoms with Gasteiger partial charge < -0.3 is 14.9 Å². The molecule has 0 saturated carbocycles. The maximum absolute atomic E-state index is 12.9. The van der Waals surface area contributed by atoms with Gasteiger partial charge in [-0.3, -0.25) is 14.4 Å². The summed E-state index contributed by atoms with van der Waals surface area (Å²) in [5, 5.41) is 11.8. The van der Waals surface area contributed by atoms with E-state index < -0.39 is 17.4 Å². The molecule has 2 aromatic rings. The minimum absolute atomic E-state index is 0.0463. The second-order valence-corrected chi connectivity index (χ2v) is 7.85. The van der Waals surface area contributed by atoms with E-state index in [4.69, 9.17) is 0 Å². The van der Waals surface area contributed by atoms with Crippen LogP contribution in [0.1, 0.15) is 24.8 Å². The number of fused-ring (bicyclic) bond motifs is 1. The first kappa shape index (κ1) is 18.5. The van der Waals surface area contributed by atoms with E-state index in [9.17, 15) is 19.5 Å². The van der Waals surface area contributed by atoms with E-state index >= 15 is 0 Å². The van der Waals surface area contributed by atoms with Gasteiger partial charge in [0.05, 0.1) is 17.9 Å². The first-order valence-electron chi connectivity index (χ1n) is 9.66. The smallest absolute Gasteiger partial charge is 0.309 e. The molecule has 1 spiro atoms. The molecule has 1 atom stereocenters. The summed E-state index contributed by atoms with van der Waals surface area (Å²) >= 11 is 0. The first-order valence-corrected chi connectivity index (χ1v) is 9.66. The largest absolute Gasteiger partial charge is 0.481 e. The highest BCUT2D eigenvalue weighted by Gasteiger charge is 2.55. The predicted molar refractivity (Wildman–Crippen MR) is 105 cm³/mol. The first-order chi connectivity index (χ1) is 13.4. The van der Waals surface area contributed by atoms with E-state index in [2.05, 4.69) is 0 Å². The number of amides is 2. The third-order valence-corrected chi connectivity index (χ3v) is 6.57. The zero-order valence-corrected chi connectivity index (χ0v) is 15.9. The van der Waals surface area contributed by atoms with E-state index in [1.807, 2.05) is 47.4 Å². The molecular formula is C22H24N2O4. The molecule has 2 amide bonds. The fourth-order valence-corrected chi connectivity index (χ4v) is 4.85. The van der Waals surface area contributed by atoms with Gasteiger partial charge in [0.25, 0.3) is 0 Å². The molecule has 6 nitrogen and oxygen atoms in total. The number of carbonyl (C=O) groups excluding carboxylic acids is 2. The summed E-state index contributed by atoms with van der Waals surface area (Å²) < 4.78 is 0. The highest BCUT2D eigenvalue weighted by molar-refractivity contribution is 5.91. The number of rotatable bonds is 3. The van der Waals surface area contributed by atoms with Crippen molar-refractivity contribution < 1.29 is 19.5 Å². The van der Waals surface area contributed by atoms with Crippen LogP contribution in [-0.2, 0) is 20.8 Å². The molecule has 2 saturated heterocycles. The zero-order valence-electron chi connectivity index (χ0n) is 15.9. The number of hydrogen-bond acceptors (Lipinski definition) is 3. The SMILES string of the molecule is CN1C(=O)C[C@@H](C(=O)O)C12CCN(C(=O)Cc1cccc3ccccc13)CC2. The van der Waals surface area contributed by atoms with Crippen LogP contribution < -0.4 is 0 Å². The summed E-state index contributed by atoms with van der Waals surface area (Å²) in [4.78, 5) is 40.1. The molecular weight excluding hydrogens is 356 g/mol. The molecule has 6 heteroatoms. The highest BCUT2D eigenvalue weighted by atomic mass is 16.4. The topological polar surface area (TPSA) is 77.9 Å². The molecule has 0 aromatic heterocycles. The quantitative estimate of drug-likeness (QED) is 0.886. The number of carboxylic acids is 1. The second-order valence-electron chi connectivity index (χ2n) is 7.85. The highest BCUT2D eigenvalue weighted by Crippen LogP contribution is 2.42. The molecule has 2 aliphatic heterocycles. The van der Waals surface area contributed by atoms with E-state index in [1.54, 1.807) is 11.9 Å². The van der Waals surface area contributed by atoms with Gasteiger partial charge in [0.2, 0.25) is 11.8 Å². The van der Waals surface area contributed by atoms with E-state index in [0.717, 1.165) is 16.3 Å². The van der Waals surface area contributed by atoms with Crippen molar-refractivity contribution in [2.45, 2.75) is 31.2 Å². The third-order valence-electron chi connectivity index (χ3n) is 6.57. The Kier molecular flexibility index (Phi) is 4.57. The van der Waals surface area contributed by atoms with Crippen LogP contribution in [0.15, 0.2) is 42.5 Å². The van der Waals surface area contributed by atoms with Gasteiger partial charge in [-0.1, -0.05) is 42.5 Å². The maximum Gasteiger partial charge on any atom is 0.309 e. The third kappa shape index (κ3) is 2.93. The second kappa shape index (κ2) is 6.93. The van der Waals surface area contributed by atoms with Crippen molar-refractivity contribution in [2.75, 3.05) is 20.1 Å². The minimum atomic E-state index is -0.923. The Morgan fingerprint density at radius 3 is 2.50 bits per heavy atom. The van der Waals surface area contributed by atoms with Gasteiger partial charge in [0.15, 0.2) is 0 Å². The molecule has 0 bridgehead atoms. The number of carboxylic acid groups (broad SMARTS) is 1. The van der Waals surface area contributed by atoms with Gasteiger partial charge in [0, 0.05) is 26.6 Å². The van der Waals surface area contributed by atoms with Crippen LogP contribution in [0.5, 0.6) is 0 Å². The van der Waals surface area contributed by atoms with Crippen molar-refractivity contribution in [2.24, 2.45) is 5.92 Å². The van der Waals surface area contributed by atoms with E-state index in [1.165, 1.54) is 0 Å². The lowest BCUT2D eigenvalue weighted by molar-refractivity contribution is -0.146. The van der Waals surface area contributed by atoms with Crippen molar-refractivity contribution in [3.05, 3.63) is 48.0 Å². The Morgan fingerprint density at radius 1 is 1.11 bits per heavy atom. The number of benzene rings is 2. The summed E-state index contributed by atoms with van der Waals surface area (Å²) in [6.45, 7) is 0.954. The lowest BCUT2D eigenvalue weighted by Gasteiger charge is -2.45. The van der Waals surface area contributed by atoms with Crippen molar-refractivity contribution >= 4 is 28.6 Å². The molecule has 4 rings (SSSR count). The lowest BCUT2D eigenvalue weighted by Crippen LogP contribution is -2.57. The fraction of sp³-hybridized carbons (Fsp3) is 0.409. The Hall–Kier alpha value is -2.89. The molecule has 28 heavy (non-hydrogen) atoms. The monoisotopic (exact) mass is 380 g/mol. The van der Waals surface area contributed by atoms with Crippen molar-refractivity contribution in [3.8, 4) is 0 Å². The van der Waals surface area contributed by atoms with Crippen LogP contribution in [0, 0.1) is 5.92 Å². The van der Waals surface area contributed by atoms with Gasteiger partial charge in [0.1, 0.15) is 0 Å². The van der Waals surface area contributed by atoms with Crippen LogP contribution in [0.3, 0.4) is 0 Å². The molecule has 0 radical (unpaired) electrons. The number of hydrogen-bond donors (Lipinski definition) is 1. The minimum Gasteiger partial charge on any atom is -0.481 e. The van der Waals surface area contributed by atoms with Crippen molar-refractivity contribution in [1.82, 2.24) is 9.80 Å². The predicted octanol–water partition coefficient (Wildman–Crippen LogP) is 2.31. The van der Waals surface area contributed by atoms with Crippen LogP contribution in [0.25, 0.3) is 10.8 Å². The number of nitrogens with zero attached hydrogens (tertiary/aromatic N) is 2. The van der Waals surface area contributed by atoms with Gasteiger partial charge >= 0.3 is 5.97 Å². The number of aliphatic carboxylic acids is 1. The summed E-state index contributed by atoms with van der Waals surface area (Å²) in [6, 6.07) is 14.0. The Balaban J connectivity index is 1.48. The summed E-state index contributed by atoms with van der Waals surface area (Å²) in [5.41, 5.74) is 0.332. The Morgan fingerprint density at radius 2 is 1.79 bits per heavy atom. The van der Waals surface area contributed by atoms with Crippen LogP contribution in [0.4, 0.5) is 0 Å². The summed E-state index contributed by atoms with van der Waals surface area (Å²) in [6.07, 6.45) is 1.39. The molecule has 0 unspecified atom stereocenters. The van der Waals surface area contributed by atoms with Gasteiger partial charge in [-0.25, -0.2) is 0 Å². The van der Waals surface area contributed by atoms with Gasteiger partial charge in [-0.05, 0) is 29.2 Å². The van der Waals surface area contributed by atoms with Crippen LogP contribution >= 0.6 is 0 Å². The molecule has 2 fully saturated rings. The van der Waals surface area contributed by atoms with Crippen LogP contribution in [-0.4, -0.2) is 58.4 Å². The van der Waals surface area contributed by atoms with Gasteiger partial charge in [-0.2, -0.15) is 0 Å². The Bertz CT molecular complexity index is 941. The Labute approximate surface area is 163 Å². The average molecular weight is 380 g/mol. The summed E-state index contributed by atoms with van der Waals surface area (Å²) in [7, 11) is 1.69. The van der Waals surface area contributed by atoms with Crippen molar-refractivity contribution in [3.63, 3.8) is 0 Å². The number of carbonyl (C=O) groups is 3. The molecule has 0 aliphatic carbocycles. The molecule has 2 aromatic carbocycles.